The van der Waals surface area contributed by atoms with Crippen molar-refractivity contribution in [2.24, 2.45) is 0 Å². The lowest BCUT2D eigenvalue weighted by atomic mass is 10.2. The number of rotatable bonds is 4. The fourth-order valence-corrected chi connectivity index (χ4v) is 2.49. The minimum atomic E-state index is 0.466. The molecule has 3 rings (SSSR count). The van der Waals surface area contributed by atoms with Crippen molar-refractivity contribution in [2.75, 3.05) is 10.6 Å². The zero-order chi connectivity index (χ0) is 17.8. The smallest absolute Gasteiger partial charge is 0.136 e. The standard InChI is InChI=1S/C18H13Cl2N5/c1-11-22-17(24-13-4-2-12(10-21)3-5-13)9-18(23-11)25-14-6-7-15(19)16(20)8-14/h2-9H,1H3,(H2,22,23,24,25). The van der Waals surface area contributed by atoms with E-state index in [1.807, 2.05) is 25.1 Å². The third-order valence-corrected chi connectivity index (χ3v) is 4.06. The number of anilines is 4. The second-order valence-electron chi connectivity index (χ2n) is 5.25. The quantitative estimate of drug-likeness (QED) is 0.639. The SMILES string of the molecule is Cc1nc(Nc2ccc(C#N)cc2)cc(Nc2ccc(Cl)c(Cl)c2)n1. The van der Waals surface area contributed by atoms with Gasteiger partial charge in [0.15, 0.2) is 0 Å². The van der Waals surface area contributed by atoms with E-state index in [0.29, 0.717) is 33.1 Å². The number of aromatic nitrogens is 2. The molecule has 0 unspecified atom stereocenters. The van der Waals surface area contributed by atoms with E-state index < -0.39 is 0 Å². The molecule has 124 valence electrons. The second kappa shape index (κ2) is 7.39. The molecule has 0 saturated heterocycles. The van der Waals surface area contributed by atoms with Gasteiger partial charge >= 0.3 is 0 Å². The van der Waals surface area contributed by atoms with Crippen LogP contribution in [0.3, 0.4) is 0 Å². The Hall–Kier alpha value is -2.81. The summed E-state index contributed by atoms with van der Waals surface area (Å²) in [5, 5.41) is 16.2. The maximum atomic E-state index is 8.85. The second-order valence-corrected chi connectivity index (χ2v) is 6.07. The van der Waals surface area contributed by atoms with Crippen LogP contribution in [0.4, 0.5) is 23.0 Å². The summed E-state index contributed by atoms with van der Waals surface area (Å²) >= 11 is 12.0. The Morgan fingerprint density at radius 2 is 1.44 bits per heavy atom. The van der Waals surface area contributed by atoms with Crippen LogP contribution in [-0.4, -0.2) is 9.97 Å². The minimum absolute atomic E-state index is 0.466. The number of aryl methyl sites for hydroxylation is 1. The van der Waals surface area contributed by atoms with Gasteiger partial charge in [-0.25, -0.2) is 9.97 Å². The van der Waals surface area contributed by atoms with E-state index in [0.717, 1.165) is 11.4 Å². The maximum Gasteiger partial charge on any atom is 0.136 e. The van der Waals surface area contributed by atoms with Crippen LogP contribution < -0.4 is 10.6 Å². The number of benzene rings is 2. The predicted molar refractivity (Wildman–Crippen MR) is 101 cm³/mol. The van der Waals surface area contributed by atoms with Gasteiger partial charge in [-0.15, -0.1) is 0 Å². The van der Waals surface area contributed by atoms with Gasteiger partial charge in [-0.2, -0.15) is 5.26 Å². The summed E-state index contributed by atoms with van der Waals surface area (Å²) in [5.74, 6) is 1.88. The van der Waals surface area contributed by atoms with Gasteiger partial charge in [0.05, 0.1) is 21.7 Å². The van der Waals surface area contributed by atoms with E-state index in [1.54, 1.807) is 30.3 Å². The topological polar surface area (TPSA) is 73.6 Å². The van der Waals surface area contributed by atoms with Crippen molar-refractivity contribution < 1.29 is 0 Å². The first-order valence-electron chi connectivity index (χ1n) is 7.38. The van der Waals surface area contributed by atoms with Crippen molar-refractivity contribution in [3.8, 4) is 6.07 Å². The van der Waals surface area contributed by atoms with Gasteiger partial charge in [-0.1, -0.05) is 23.2 Å². The summed E-state index contributed by atoms with van der Waals surface area (Å²) in [6.45, 7) is 1.81. The van der Waals surface area contributed by atoms with Gasteiger partial charge in [0.25, 0.3) is 0 Å². The van der Waals surface area contributed by atoms with Crippen molar-refractivity contribution in [3.63, 3.8) is 0 Å². The Morgan fingerprint density at radius 3 is 2.04 bits per heavy atom. The maximum absolute atomic E-state index is 8.85. The highest BCUT2D eigenvalue weighted by atomic mass is 35.5. The highest BCUT2D eigenvalue weighted by Crippen LogP contribution is 2.27. The van der Waals surface area contributed by atoms with Crippen molar-refractivity contribution in [2.45, 2.75) is 6.92 Å². The first-order valence-corrected chi connectivity index (χ1v) is 8.14. The minimum Gasteiger partial charge on any atom is -0.340 e. The molecular weight excluding hydrogens is 357 g/mol. The van der Waals surface area contributed by atoms with Crippen LogP contribution in [-0.2, 0) is 0 Å². The van der Waals surface area contributed by atoms with Gasteiger partial charge in [0.1, 0.15) is 17.5 Å². The van der Waals surface area contributed by atoms with Gasteiger partial charge in [-0.3, -0.25) is 0 Å². The van der Waals surface area contributed by atoms with Gasteiger partial charge in [-0.05, 0) is 49.4 Å². The summed E-state index contributed by atoms with van der Waals surface area (Å²) < 4.78 is 0. The fraction of sp³-hybridized carbons (Fsp3) is 0.0556. The molecule has 0 atom stereocenters. The van der Waals surface area contributed by atoms with E-state index in [2.05, 4.69) is 26.7 Å². The summed E-state index contributed by atoms with van der Waals surface area (Å²) in [6.07, 6.45) is 0. The molecule has 1 heterocycles. The molecule has 7 heteroatoms. The predicted octanol–water partition coefficient (Wildman–Crippen LogP) is 5.45. The van der Waals surface area contributed by atoms with Crippen LogP contribution >= 0.6 is 23.2 Å². The first kappa shape index (κ1) is 17.0. The Kier molecular flexibility index (Phi) is 5.03. The van der Waals surface area contributed by atoms with Gasteiger partial charge in [0, 0.05) is 17.4 Å². The fourth-order valence-electron chi connectivity index (χ4n) is 2.19. The number of nitriles is 1. The number of halogens is 2. The summed E-state index contributed by atoms with van der Waals surface area (Å²) in [4.78, 5) is 8.74. The molecule has 0 aliphatic rings. The van der Waals surface area contributed by atoms with Crippen molar-refractivity contribution in [3.05, 3.63) is 70.0 Å². The summed E-state index contributed by atoms with van der Waals surface area (Å²) in [6, 6.07) is 16.3. The molecule has 0 amide bonds. The average Bonchev–Trinajstić information content (AvgIpc) is 2.58. The molecule has 0 fully saturated rings. The molecule has 0 radical (unpaired) electrons. The van der Waals surface area contributed by atoms with Crippen molar-refractivity contribution in [1.82, 2.24) is 9.97 Å². The van der Waals surface area contributed by atoms with Crippen molar-refractivity contribution in [1.29, 1.82) is 5.26 Å². The summed E-state index contributed by atoms with van der Waals surface area (Å²) in [7, 11) is 0. The van der Waals surface area contributed by atoms with E-state index in [-0.39, 0.29) is 0 Å². The van der Waals surface area contributed by atoms with Crippen LogP contribution in [0.15, 0.2) is 48.5 Å². The lowest BCUT2D eigenvalue weighted by molar-refractivity contribution is 1.06. The number of nitrogens with zero attached hydrogens (tertiary/aromatic N) is 3. The zero-order valence-electron chi connectivity index (χ0n) is 13.2. The van der Waals surface area contributed by atoms with Crippen LogP contribution in [0.2, 0.25) is 10.0 Å². The molecule has 0 bridgehead atoms. The molecule has 0 aliphatic heterocycles. The molecule has 2 aromatic carbocycles. The molecule has 0 aliphatic carbocycles. The zero-order valence-corrected chi connectivity index (χ0v) is 14.7. The Bertz CT molecular complexity index is 949. The lowest BCUT2D eigenvalue weighted by Gasteiger charge is -2.11. The van der Waals surface area contributed by atoms with Crippen LogP contribution in [0, 0.1) is 18.3 Å². The lowest BCUT2D eigenvalue weighted by Crippen LogP contribution is -2.01. The van der Waals surface area contributed by atoms with E-state index in [4.69, 9.17) is 28.5 Å². The summed E-state index contributed by atoms with van der Waals surface area (Å²) in [5.41, 5.74) is 2.21. The number of nitrogens with one attached hydrogen (secondary N) is 2. The molecule has 1 aromatic heterocycles. The first-order chi connectivity index (χ1) is 12.0. The number of hydrogen-bond acceptors (Lipinski definition) is 5. The number of hydrogen-bond donors (Lipinski definition) is 2. The molecule has 2 N–H and O–H groups in total. The molecule has 5 nitrogen and oxygen atoms in total. The highest BCUT2D eigenvalue weighted by Gasteiger charge is 2.05. The monoisotopic (exact) mass is 369 g/mol. The normalized spacial score (nSPS) is 10.2. The van der Waals surface area contributed by atoms with Crippen molar-refractivity contribution >= 4 is 46.2 Å². The average molecular weight is 370 g/mol. The van der Waals surface area contributed by atoms with E-state index >= 15 is 0 Å². The van der Waals surface area contributed by atoms with Gasteiger partial charge < -0.3 is 10.6 Å². The molecule has 25 heavy (non-hydrogen) atoms. The highest BCUT2D eigenvalue weighted by molar-refractivity contribution is 6.42. The van der Waals surface area contributed by atoms with E-state index in [1.165, 1.54) is 0 Å². The molecular formula is C18H13Cl2N5. The Labute approximate surface area is 155 Å². The third kappa shape index (κ3) is 4.38. The molecule has 0 saturated carbocycles. The molecule has 3 aromatic rings. The van der Waals surface area contributed by atoms with Gasteiger partial charge in [0.2, 0.25) is 0 Å². The van der Waals surface area contributed by atoms with Crippen LogP contribution in [0.1, 0.15) is 11.4 Å². The Balaban J connectivity index is 1.82. The van der Waals surface area contributed by atoms with E-state index in [9.17, 15) is 0 Å². The van der Waals surface area contributed by atoms with Crippen LogP contribution in [0.25, 0.3) is 0 Å². The third-order valence-electron chi connectivity index (χ3n) is 3.32. The molecule has 0 spiro atoms. The Morgan fingerprint density at radius 1 is 0.840 bits per heavy atom. The van der Waals surface area contributed by atoms with Crippen LogP contribution in [0.5, 0.6) is 0 Å². The largest absolute Gasteiger partial charge is 0.340 e.